The summed E-state index contributed by atoms with van der Waals surface area (Å²) in [5.41, 5.74) is 5.25. The molecule has 0 fully saturated rings. The number of benzene rings is 2. The average molecular weight is 401 g/mol. The molecule has 0 unspecified atom stereocenters. The monoisotopic (exact) mass is 400 g/mol. The second kappa shape index (κ2) is 8.35. The van der Waals surface area contributed by atoms with Crippen LogP contribution >= 0.6 is 0 Å². The van der Waals surface area contributed by atoms with Gasteiger partial charge in [0.1, 0.15) is 6.54 Å². The van der Waals surface area contributed by atoms with Crippen molar-refractivity contribution < 1.29 is 13.2 Å². The third-order valence-corrected chi connectivity index (χ3v) is 6.46. The summed E-state index contributed by atoms with van der Waals surface area (Å²) in [6.45, 7) is 3.67. The van der Waals surface area contributed by atoms with Crippen molar-refractivity contribution in [3.63, 3.8) is 0 Å². The van der Waals surface area contributed by atoms with Crippen LogP contribution in [0, 0.1) is 0 Å². The smallest absolute Gasteiger partial charge is 0.241 e. The van der Waals surface area contributed by atoms with Crippen LogP contribution in [0.3, 0.4) is 0 Å². The van der Waals surface area contributed by atoms with Gasteiger partial charge in [-0.3, -0.25) is 9.10 Å². The fraction of sp³-hybridized carbons (Fsp3) is 0.409. The Morgan fingerprint density at radius 1 is 1.14 bits per heavy atom. The first-order chi connectivity index (χ1) is 13.3. The summed E-state index contributed by atoms with van der Waals surface area (Å²) < 4.78 is 25.9. The van der Waals surface area contributed by atoms with E-state index in [2.05, 4.69) is 23.5 Å². The number of para-hydroxylation sites is 1. The molecular weight excluding hydrogens is 372 g/mol. The third-order valence-electron chi connectivity index (χ3n) is 5.33. The molecule has 150 valence electrons. The van der Waals surface area contributed by atoms with Gasteiger partial charge in [0.25, 0.3) is 0 Å². The molecule has 0 aliphatic heterocycles. The van der Waals surface area contributed by atoms with Crippen LogP contribution in [0.2, 0.25) is 0 Å². The lowest BCUT2D eigenvalue weighted by Gasteiger charge is -2.25. The molecule has 28 heavy (non-hydrogen) atoms. The molecule has 0 radical (unpaired) electrons. The van der Waals surface area contributed by atoms with Crippen molar-refractivity contribution in [1.29, 1.82) is 0 Å². The maximum absolute atomic E-state index is 12.7. The number of rotatable bonds is 7. The van der Waals surface area contributed by atoms with Gasteiger partial charge in [0, 0.05) is 0 Å². The van der Waals surface area contributed by atoms with Gasteiger partial charge in [0.2, 0.25) is 15.9 Å². The van der Waals surface area contributed by atoms with E-state index in [0.717, 1.165) is 30.2 Å². The molecular formula is C22H28N2O3S. The quantitative estimate of drug-likeness (QED) is 0.775. The minimum Gasteiger partial charge on any atom is -0.348 e. The van der Waals surface area contributed by atoms with Crippen molar-refractivity contribution in [2.75, 3.05) is 17.1 Å². The molecule has 3 rings (SSSR count). The van der Waals surface area contributed by atoms with E-state index in [-0.39, 0.29) is 18.5 Å². The highest BCUT2D eigenvalue weighted by atomic mass is 32.2. The number of aryl methyl sites for hydroxylation is 3. The van der Waals surface area contributed by atoms with Crippen LogP contribution in [0.4, 0.5) is 5.69 Å². The number of carbonyl (C=O) groups is 1. The molecule has 0 saturated heterocycles. The minimum atomic E-state index is -3.58. The second-order valence-corrected chi connectivity index (χ2v) is 9.33. The number of nitrogens with zero attached hydrogens (tertiary/aromatic N) is 1. The SMILES string of the molecule is CCc1ccccc1N(CC(=O)N[C@H](C)c1ccc2c(c1)CCC2)S(C)(=O)=O. The van der Waals surface area contributed by atoms with Gasteiger partial charge < -0.3 is 5.32 Å². The number of amides is 1. The summed E-state index contributed by atoms with van der Waals surface area (Å²) in [6, 6.07) is 13.5. The van der Waals surface area contributed by atoms with Crippen molar-refractivity contribution in [2.45, 2.75) is 45.6 Å². The van der Waals surface area contributed by atoms with E-state index in [0.29, 0.717) is 12.1 Å². The Bertz CT molecular complexity index is 969. The molecule has 0 spiro atoms. The van der Waals surface area contributed by atoms with Crippen LogP contribution in [0.5, 0.6) is 0 Å². The van der Waals surface area contributed by atoms with Crippen molar-refractivity contribution in [2.24, 2.45) is 0 Å². The molecule has 2 aromatic rings. The molecule has 2 aromatic carbocycles. The van der Waals surface area contributed by atoms with Crippen LogP contribution in [-0.2, 0) is 34.1 Å². The van der Waals surface area contributed by atoms with Crippen molar-refractivity contribution in [1.82, 2.24) is 5.32 Å². The summed E-state index contributed by atoms with van der Waals surface area (Å²) in [5.74, 6) is -0.315. The number of hydrogen-bond acceptors (Lipinski definition) is 3. The fourth-order valence-corrected chi connectivity index (χ4v) is 4.68. The molecule has 0 bridgehead atoms. The zero-order valence-electron chi connectivity index (χ0n) is 16.7. The minimum absolute atomic E-state index is 0.179. The van der Waals surface area contributed by atoms with Crippen LogP contribution in [0.25, 0.3) is 0 Å². The van der Waals surface area contributed by atoms with E-state index in [1.165, 1.54) is 21.9 Å². The Hall–Kier alpha value is -2.34. The van der Waals surface area contributed by atoms with E-state index in [1.807, 2.05) is 26.0 Å². The highest BCUT2D eigenvalue weighted by Crippen LogP contribution is 2.26. The second-order valence-electron chi connectivity index (χ2n) is 7.42. The summed E-state index contributed by atoms with van der Waals surface area (Å²) >= 11 is 0. The summed E-state index contributed by atoms with van der Waals surface area (Å²) in [5, 5.41) is 2.95. The molecule has 0 aromatic heterocycles. The highest BCUT2D eigenvalue weighted by molar-refractivity contribution is 7.92. The Morgan fingerprint density at radius 2 is 1.86 bits per heavy atom. The Balaban J connectivity index is 1.75. The highest BCUT2D eigenvalue weighted by Gasteiger charge is 2.24. The largest absolute Gasteiger partial charge is 0.348 e. The van der Waals surface area contributed by atoms with Gasteiger partial charge in [0.05, 0.1) is 18.0 Å². The van der Waals surface area contributed by atoms with Crippen molar-refractivity contribution >= 4 is 21.6 Å². The summed E-state index contributed by atoms with van der Waals surface area (Å²) in [7, 11) is -3.58. The van der Waals surface area contributed by atoms with E-state index in [4.69, 9.17) is 0 Å². The summed E-state index contributed by atoms with van der Waals surface area (Å²) in [6.07, 6.45) is 5.21. The molecule has 0 heterocycles. The molecule has 1 aliphatic carbocycles. The lowest BCUT2D eigenvalue weighted by molar-refractivity contribution is -0.120. The first kappa shape index (κ1) is 20.4. The van der Waals surface area contributed by atoms with E-state index >= 15 is 0 Å². The molecule has 1 amide bonds. The average Bonchev–Trinajstić information content (AvgIpc) is 3.13. The van der Waals surface area contributed by atoms with E-state index < -0.39 is 10.0 Å². The molecule has 1 aliphatic rings. The molecule has 6 heteroatoms. The number of sulfonamides is 1. The maximum Gasteiger partial charge on any atom is 0.241 e. The predicted octanol–water partition coefficient (Wildman–Crippen LogP) is 3.38. The normalized spacial score (nSPS) is 14.4. The Labute approximate surface area is 167 Å². The third kappa shape index (κ3) is 4.55. The summed E-state index contributed by atoms with van der Waals surface area (Å²) in [4.78, 5) is 12.7. The van der Waals surface area contributed by atoms with Gasteiger partial charge in [0.15, 0.2) is 0 Å². The molecule has 5 nitrogen and oxygen atoms in total. The lowest BCUT2D eigenvalue weighted by Crippen LogP contribution is -2.41. The Morgan fingerprint density at radius 3 is 2.57 bits per heavy atom. The number of carbonyl (C=O) groups excluding carboxylic acids is 1. The topological polar surface area (TPSA) is 66.5 Å². The van der Waals surface area contributed by atoms with Crippen LogP contribution in [0.15, 0.2) is 42.5 Å². The van der Waals surface area contributed by atoms with Crippen molar-refractivity contribution in [3.05, 3.63) is 64.7 Å². The zero-order valence-corrected chi connectivity index (χ0v) is 17.6. The van der Waals surface area contributed by atoms with Crippen LogP contribution in [-0.4, -0.2) is 27.1 Å². The molecule has 0 saturated carbocycles. The van der Waals surface area contributed by atoms with Gasteiger partial charge in [-0.15, -0.1) is 0 Å². The lowest BCUT2D eigenvalue weighted by atomic mass is 10.0. The zero-order chi connectivity index (χ0) is 20.3. The van der Waals surface area contributed by atoms with E-state index in [9.17, 15) is 13.2 Å². The van der Waals surface area contributed by atoms with Gasteiger partial charge in [-0.1, -0.05) is 43.3 Å². The number of nitrogens with one attached hydrogen (secondary N) is 1. The van der Waals surface area contributed by atoms with Gasteiger partial charge in [-0.05, 0) is 60.9 Å². The van der Waals surface area contributed by atoms with Crippen molar-refractivity contribution in [3.8, 4) is 0 Å². The van der Waals surface area contributed by atoms with Gasteiger partial charge in [-0.25, -0.2) is 8.42 Å². The predicted molar refractivity (Wildman–Crippen MR) is 113 cm³/mol. The number of fused-ring (bicyclic) bond motifs is 1. The van der Waals surface area contributed by atoms with Crippen LogP contribution < -0.4 is 9.62 Å². The first-order valence-corrected chi connectivity index (χ1v) is 11.6. The number of anilines is 1. The Kier molecular flexibility index (Phi) is 6.08. The maximum atomic E-state index is 12.7. The first-order valence-electron chi connectivity index (χ1n) is 9.76. The van der Waals surface area contributed by atoms with Crippen LogP contribution in [0.1, 0.15) is 48.6 Å². The molecule has 1 N–H and O–H groups in total. The molecule has 1 atom stereocenters. The van der Waals surface area contributed by atoms with Gasteiger partial charge >= 0.3 is 0 Å². The van der Waals surface area contributed by atoms with E-state index in [1.54, 1.807) is 12.1 Å². The standard InChI is InChI=1S/C22H28N2O3S/c1-4-17-8-5-6-11-21(17)24(28(3,26)27)15-22(25)23-16(2)19-13-12-18-9-7-10-20(18)14-19/h5-6,8,11-14,16H,4,7,9-10,15H2,1-3H3,(H,23,25)/t16-/m1/s1. The van der Waals surface area contributed by atoms with Gasteiger partial charge in [-0.2, -0.15) is 0 Å². The number of hydrogen-bond donors (Lipinski definition) is 1. The fourth-order valence-electron chi connectivity index (χ4n) is 3.80.